The van der Waals surface area contributed by atoms with E-state index in [4.69, 9.17) is 15.2 Å². The monoisotopic (exact) mass is 259 g/mol. The molecule has 0 atom stereocenters. The van der Waals surface area contributed by atoms with Crippen LogP contribution in [0.4, 0.5) is 5.69 Å². The van der Waals surface area contributed by atoms with Gasteiger partial charge in [0.1, 0.15) is 5.75 Å². The average Bonchev–Trinajstić information content (AvgIpc) is 2.45. The van der Waals surface area contributed by atoms with Gasteiger partial charge in [0.15, 0.2) is 19.0 Å². The zero-order valence-corrected chi connectivity index (χ0v) is 10.2. The first kappa shape index (κ1) is 12.8. The molecular weight excluding hydrogens is 246 g/mol. The van der Waals surface area contributed by atoms with Crippen molar-refractivity contribution in [3.05, 3.63) is 48.5 Å². The Labute approximate surface area is 110 Å². The molecular formula is C13H13N3O3. The van der Waals surface area contributed by atoms with Crippen LogP contribution in [0.3, 0.4) is 0 Å². The number of carbonyl (C=O) groups excluding carboxylic acids is 1. The first-order chi connectivity index (χ1) is 9.24. The van der Waals surface area contributed by atoms with E-state index in [-0.39, 0.29) is 13.2 Å². The van der Waals surface area contributed by atoms with Gasteiger partial charge in [-0.3, -0.25) is 0 Å². The number of hydrogen-bond donors (Lipinski definition) is 1. The molecule has 0 aliphatic carbocycles. The summed E-state index contributed by atoms with van der Waals surface area (Å²) in [5, 5.41) is 0. The van der Waals surface area contributed by atoms with Gasteiger partial charge in [0.05, 0.1) is 0 Å². The van der Waals surface area contributed by atoms with E-state index < -0.39 is 5.97 Å². The SMILES string of the molecule is Nc1ccc(OCC(=O)OCc2ncccn2)cc1. The highest BCUT2D eigenvalue weighted by Crippen LogP contribution is 2.12. The normalized spacial score (nSPS) is 9.89. The Kier molecular flexibility index (Phi) is 4.28. The van der Waals surface area contributed by atoms with Gasteiger partial charge in [-0.2, -0.15) is 0 Å². The van der Waals surface area contributed by atoms with Crippen LogP contribution < -0.4 is 10.5 Å². The van der Waals surface area contributed by atoms with Crippen LogP contribution in [0.1, 0.15) is 5.82 Å². The second-order valence-corrected chi connectivity index (χ2v) is 3.68. The first-order valence-electron chi connectivity index (χ1n) is 5.64. The van der Waals surface area contributed by atoms with Gasteiger partial charge in [0, 0.05) is 18.1 Å². The number of nitrogen functional groups attached to an aromatic ring is 1. The summed E-state index contributed by atoms with van der Waals surface area (Å²) in [6.45, 7) is -0.137. The fourth-order valence-electron chi connectivity index (χ4n) is 1.30. The lowest BCUT2D eigenvalue weighted by atomic mass is 10.3. The summed E-state index contributed by atoms with van der Waals surface area (Å²) in [6.07, 6.45) is 3.17. The predicted octanol–water partition coefficient (Wildman–Crippen LogP) is 1.18. The number of rotatable bonds is 5. The van der Waals surface area contributed by atoms with E-state index in [1.807, 2.05) is 0 Å². The van der Waals surface area contributed by atoms with Gasteiger partial charge in [-0.05, 0) is 30.3 Å². The van der Waals surface area contributed by atoms with Crippen molar-refractivity contribution in [3.63, 3.8) is 0 Å². The number of aromatic nitrogens is 2. The molecule has 0 fully saturated rings. The number of hydrogen-bond acceptors (Lipinski definition) is 6. The molecule has 0 spiro atoms. The lowest BCUT2D eigenvalue weighted by molar-refractivity contribution is -0.147. The summed E-state index contributed by atoms with van der Waals surface area (Å²) in [5.41, 5.74) is 6.17. The average molecular weight is 259 g/mol. The van der Waals surface area contributed by atoms with Gasteiger partial charge in [0.2, 0.25) is 0 Å². The number of nitrogens with zero attached hydrogens (tertiary/aromatic N) is 2. The number of carbonyl (C=O) groups is 1. The molecule has 0 saturated carbocycles. The second-order valence-electron chi connectivity index (χ2n) is 3.68. The van der Waals surface area contributed by atoms with Gasteiger partial charge in [-0.1, -0.05) is 0 Å². The van der Waals surface area contributed by atoms with Crippen LogP contribution >= 0.6 is 0 Å². The Balaban J connectivity index is 1.74. The molecule has 6 nitrogen and oxygen atoms in total. The van der Waals surface area contributed by atoms with E-state index in [2.05, 4.69) is 9.97 Å². The molecule has 0 aliphatic heterocycles. The highest BCUT2D eigenvalue weighted by atomic mass is 16.6. The fourth-order valence-corrected chi connectivity index (χ4v) is 1.30. The minimum atomic E-state index is -0.482. The van der Waals surface area contributed by atoms with E-state index in [0.29, 0.717) is 17.3 Å². The predicted molar refractivity (Wildman–Crippen MR) is 68.2 cm³/mol. The van der Waals surface area contributed by atoms with Gasteiger partial charge >= 0.3 is 5.97 Å². The smallest absolute Gasteiger partial charge is 0.344 e. The summed E-state index contributed by atoms with van der Waals surface area (Å²) in [4.78, 5) is 19.3. The minimum Gasteiger partial charge on any atom is -0.482 e. The summed E-state index contributed by atoms with van der Waals surface area (Å²) < 4.78 is 10.2. The molecule has 1 heterocycles. The summed E-state index contributed by atoms with van der Waals surface area (Å²) >= 11 is 0. The van der Waals surface area contributed by atoms with E-state index in [0.717, 1.165) is 0 Å². The fraction of sp³-hybridized carbons (Fsp3) is 0.154. The van der Waals surface area contributed by atoms with Gasteiger partial charge in [-0.15, -0.1) is 0 Å². The van der Waals surface area contributed by atoms with Crippen LogP contribution in [0.25, 0.3) is 0 Å². The summed E-state index contributed by atoms with van der Waals surface area (Å²) in [7, 11) is 0. The molecule has 0 bridgehead atoms. The Morgan fingerprint density at radius 2 is 1.84 bits per heavy atom. The third-order valence-corrected chi connectivity index (χ3v) is 2.22. The maximum atomic E-state index is 11.4. The quantitative estimate of drug-likeness (QED) is 0.641. The third-order valence-electron chi connectivity index (χ3n) is 2.22. The third kappa shape index (κ3) is 4.27. The van der Waals surface area contributed by atoms with Crippen LogP contribution in [0.5, 0.6) is 5.75 Å². The Morgan fingerprint density at radius 1 is 1.16 bits per heavy atom. The number of esters is 1. The zero-order valence-electron chi connectivity index (χ0n) is 10.2. The first-order valence-corrected chi connectivity index (χ1v) is 5.64. The van der Waals surface area contributed by atoms with Crippen molar-refractivity contribution in [1.82, 2.24) is 9.97 Å². The van der Waals surface area contributed by atoms with Crippen molar-refractivity contribution >= 4 is 11.7 Å². The molecule has 6 heteroatoms. The van der Waals surface area contributed by atoms with E-state index >= 15 is 0 Å². The molecule has 2 rings (SSSR count). The standard InChI is InChI=1S/C13H13N3O3/c14-10-2-4-11(5-3-10)18-9-13(17)19-8-12-15-6-1-7-16-12/h1-7H,8-9,14H2. The molecule has 0 aliphatic rings. The van der Waals surface area contributed by atoms with Crippen molar-refractivity contribution in [2.75, 3.05) is 12.3 Å². The number of ether oxygens (including phenoxy) is 2. The maximum absolute atomic E-state index is 11.4. The Morgan fingerprint density at radius 3 is 2.53 bits per heavy atom. The van der Waals surface area contributed by atoms with Crippen LogP contribution in [-0.2, 0) is 16.1 Å². The Bertz CT molecular complexity index is 529. The number of benzene rings is 1. The van der Waals surface area contributed by atoms with Crippen molar-refractivity contribution in [2.24, 2.45) is 0 Å². The second kappa shape index (κ2) is 6.34. The van der Waals surface area contributed by atoms with Crippen LogP contribution in [0, 0.1) is 0 Å². The highest BCUT2D eigenvalue weighted by molar-refractivity contribution is 5.71. The van der Waals surface area contributed by atoms with E-state index in [9.17, 15) is 4.79 Å². The summed E-state index contributed by atoms with van der Waals surface area (Å²) in [6, 6.07) is 8.44. The maximum Gasteiger partial charge on any atom is 0.344 e. The Hall–Kier alpha value is -2.63. The highest BCUT2D eigenvalue weighted by Gasteiger charge is 2.05. The van der Waals surface area contributed by atoms with Gasteiger partial charge in [-0.25, -0.2) is 14.8 Å². The molecule has 1 aromatic heterocycles. The molecule has 19 heavy (non-hydrogen) atoms. The minimum absolute atomic E-state index is 0.0325. The van der Waals surface area contributed by atoms with Gasteiger partial charge < -0.3 is 15.2 Å². The summed E-state index contributed by atoms with van der Waals surface area (Å²) in [5.74, 6) is 0.523. The number of nitrogens with two attached hydrogens (primary N) is 1. The lowest BCUT2D eigenvalue weighted by Crippen LogP contribution is -2.15. The van der Waals surface area contributed by atoms with Crippen molar-refractivity contribution in [3.8, 4) is 5.75 Å². The van der Waals surface area contributed by atoms with Crippen molar-refractivity contribution in [2.45, 2.75) is 6.61 Å². The largest absolute Gasteiger partial charge is 0.482 e. The molecule has 98 valence electrons. The molecule has 0 amide bonds. The van der Waals surface area contributed by atoms with Crippen LogP contribution in [-0.4, -0.2) is 22.5 Å². The van der Waals surface area contributed by atoms with Crippen LogP contribution in [0.15, 0.2) is 42.7 Å². The molecule has 2 aromatic rings. The van der Waals surface area contributed by atoms with Gasteiger partial charge in [0.25, 0.3) is 0 Å². The lowest BCUT2D eigenvalue weighted by Gasteiger charge is -2.06. The zero-order chi connectivity index (χ0) is 13.5. The van der Waals surface area contributed by atoms with Crippen LogP contribution in [0.2, 0.25) is 0 Å². The van der Waals surface area contributed by atoms with E-state index in [1.54, 1.807) is 42.7 Å². The topological polar surface area (TPSA) is 87.3 Å². The van der Waals surface area contributed by atoms with Crippen molar-refractivity contribution < 1.29 is 14.3 Å². The molecule has 0 saturated heterocycles. The van der Waals surface area contributed by atoms with E-state index in [1.165, 1.54) is 0 Å². The number of anilines is 1. The van der Waals surface area contributed by atoms with Crippen molar-refractivity contribution in [1.29, 1.82) is 0 Å². The molecule has 1 aromatic carbocycles. The molecule has 2 N–H and O–H groups in total. The molecule has 0 unspecified atom stereocenters. The molecule has 0 radical (unpaired) electrons.